The average Bonchev–Trinajstić information content (AvgIpc) is 3.21. The molecule has 4 aromatic rings. The van der Waals surface area contributed by atoms with E-state index in [1.165, 1.54) is 11.6 Å². The normalized spacial score (nSPS) is 12.9. The van der Waals surface area contributed by atoms with Gasteiger partial charge in [0, 0.05) is 18.5 Å². The minimum absolute atomic E-state index is 0.0767. The molecule has 0 radical (unpaired) electrons. The molecular weight excluding hydrogens is 473 g/mol. The Hall–Kier alpha value is -3.28. The summed E-state index contributed by atoms with van der Waals surface area (Å²) in [6, 6.07) is 19.9. The van der Waals surface area contributed by atoms with Crippen LogP contribution in [0.3, 0.4) is 0 Å². The highest BCUT2D eigenvalue weighted by Gasteiger charge is 2.33. The summed E-state index contributed by atoms with van der Waals surface area (Å²) in [6.07, 6.45) is -1.43. The van der Waals surface area contributed by atoms with Crippen LogP contribution in [0.2, 0.25) is 0 Å². The fourth-order valence-corrected chi connectivity index (χ4v) is 4.72. The summed E-state index contributed by atoms with van der Waals surface area (Å²) in [5, 5.41) is 0. The topological polar surface area (TPSA) is 27.1 Å². The van der Waals surface area contributed by atoms with Gasteiger partial charge in [0.1, 0.15) is 11.6 Å². The van der Waals surface area contributed by atoms with Crippen LogP contribution in [0.15, 0.2) is 66.7 Å². The summed E-state index contributed by atoms with van der Waals surface area (Å²) in [7, 11) is 0. The molecule has 0 spiro atoms. The molecule has 196 valence electrons. The number of rotatable bonds is 10. The third-order valence-electron chi connectivity index (χ3n) is 6.68. The van der Waals surface area contributed by atoms with E-state index in [2.05, 4.69) is 52.0 Å². The molecule has 4 rings (SSSR count). The highest BCUT2D eigenvalue weighted by atomic mass is 19.4. The number of hydrogen-bond acceptors (Lipinski definition) is 2. The van der Waals surface area contributed by atoms with Crippen LogP contribution < -0.4 is 4.74 Å². The molecule has 0 aliphatic carbocycles. The van der Waals surface area contributed by atoms with Crippen molar-refractivity contribution in [1.82, 2.24) is 9.55 Å². The maximum Gasteiger partial charge on any atom is 0.416 e. The third-order valence-corrected chi connectivity index (χ3v) is 6.68. The zero-order chi connectivity index (χ0) is 26.6. The van der Waals surface area contributed by atoms with E-state index in [0.29, 0.717) is 12.5 Å². The van der Waals surface area contributed by atoms with E-state index in [0.717, 1.165) is 53.5 Å². The molecule has 0 aliphatic heterocycles. The molecule has 37 heavy (non-hydrogen) atoms. The van der Waals surface area contributed by atoms with Gasteiger partial charge in [-0.15, -0.1) is 0 Å². The molecule has 0 aliphatic rings. The van der Waals surface area contributed by atoms with Crippen LogP contribution in [0.25, 0.3) is 11.0 Å². The molecule has 3 nitrogen and oxygen atoms in total. The predicted molar refractivity (Wildman–Crippen MR) is 143 cm³/mol. The number of benzene rings is 3. The lowest BCUT2D eigenvalue weighted by Crippen LogP contribution is -2.14. The van der Waals surface area contributed by atoms with Crippen molar-refractivity contribution in [1.29, 1.82) is 0 Å². The number of unbranched alkanes of at least 4 members (excludes halogenated alkanes) is 1. The van der Waals surface area contributed by atoms with Crippen LogP contribution in [0.4, 0.5) is 13.2 Å². The molecule has 3 aromatic carbocycles. The van der Waals surface area contributed by atoms with Crippen molar-refractivity contribution in [3.8, 4) is 5.75 Å². The first-order valence-electron chi connectivity index (χ1n) is 13.0. The number of imidazole rings is 1. The second kappa shape index (κ2) is 11.4. The Morgan fingerprint density at radius 3 is 2.35 bits per heavy atom. The van der Waals surface area contributed by atoms with E-state index in [4.69, 9.17) is 9.72 Å². The quantitative estimate of drug-likeness (QED) is 0.201. The van der Waals surface area contributed by atoms with Gasteiger partial charge in [0.15, 0.2) is 0 Å². The van der Waals surface area contributed by atoms with Crippen molar-refractivity contribution in [2.75, 3.05) is 6.61 Å². The Kier molecular flexibility index (Phi) is 8.25. The summed E-state index contributed by atoms with van der Waals surface area (Å²) >= 11 is 0. The zero-order valence-electron chi connectivity index (χ0n) is 22.0. The smallest absolute Gasteiger partial charge is 0.416 e. The molecule has 1 heterocycles. The number of alkyl halides is 3. The van der Waals surface area contributed by atoms with Crippen LogP contribution in [-0.2, 0) is 19.1 Å². The van der Waals surface area contributed by atoms with Crippen molar-refractivity contribution >= 4 is 11.0 Å². The zero-order valence-corrected chi connectivity index (χ0v) is 22.0. The summed E-state index contributed by atoms with van der Waals surface area (Å²) in [4.78, 5) is 4.94. The summed E-state index contributed by atoms with van der Waals surface area (Å²) in [5.41, 5.74) is 3.46. The molecule has 1 aromatic heterocycles. The first-order chi connectivity index (χ1) is 17.7. The molecule has 0 fully saturated rings. The van der Waals surface area contributed by atoms with E-state index < -0.39 is 11.7 Å². The first-order valence-corrected chi connectivity index (χ1v) is 13.0. The van der Waals surface area contributed by atoms with Crippen molar-refractivity contribution in [3.63, 3.8) is 0 Å². The van der Waals surface area contributed by atoms with E-state index >= 15 is 0 Å². The van der Waals surface area contributed by atoms with E-state index in [1.807, 2.05) is 22.8 Å². The third kappa shape index (κ3) is 6.35. The average molecular weight is 509 g/mol. The van der Waals surface area contributed by atoms with E-state index in [9.17, 15) is 13.2 Å². The molecular formula is C31H35F3N2O. The van der Waals surface area contributed by atoms with E-state index in [1.54, 1.807) is 12.1 Å². The fraction of sp³-hybridized carbons (Fsp3) is 0.387. The Balaban J connectivity index is 1.77. The number of nitrogens with zero attached hydrogens (tertiary/aromatic N) is 2. The van der Waals surface area contributed by atoms with Gasteiger partial charge < -0.3 is 9.30 Å². The highest BCUT2D eigenvalue weighted by molar-refractivity contribution is 5.78. The summed E-state index contributed by atoms with van der Waals surface area (Å²) < 4.78 is 49.2. The lowest BCUT2D eigenvalue weighted by atomic mass is 9.96. The minimum atomic E-state index is -4.43. The first kappa shape index (κ1) is 26.8. The number of fused-ring (bicyclic) bond motifs is 1. The summed E-state index contributed by atoms with van der Waals surface area (Å²) in [6.45, 7) is 9.25. The number of hydrogen-bond donors (Lipinski definition) is 0. The SMILES string of the molecule is CCCCOc1ccc2c(c1)nc(C(C)c1ccc(CC(C)C)cc1)n2Cc1ccccc1C(F)(F)F. The lowest BCUT2D eigenvalue weighted by Gasteiger charge is -2.18. The van der Waals surface area contributed by atoms with Gasteiger partial charge in [-0.25, -0.2) is 4.98 Å². The van der Waals surface area contributed by atoms with Crippen LogP contribution >= 0.6 is 0 Å². The van der Waals surface area contributed by atoms with Gasteiger partial charge >= 0.3 is 6.18 Å². The van der Waals surface area contributed by atoms with Gasteiger partial charge in [0.2, 0.25) is 0 Å². The summed E-state index contributed by atoms with van der Waals surface area (Å²) in [5.74, 6) is 1.91. The Morgan fingerprint density at radius 1 is 0.946 bits per heavy atom. The fourth-order valence-electron chi connectivity index (χ4n) is 4.72. The number of aromatic nitrogens is 2. The highest BCUT2D eigenvalue weighted by Crippen LogP contribution is 2.35. The molecule has 1 atom stereocenters. The van der Waals surface area contributed by atoms with Crippen LogP contribution in [0, 0.1) is 5.92 Å². The number of halogens is 3. The van der Waals surface area contributed by atoms with Crippen LogP contribution in [0.1, 0.15) is 74.5 Å². The Labute approximate surface area is 217 Å². The number of ether oxygens (including phenoxy) is 1. The van der Waals surface area contributed by atoms with Crippen LogP contribution in [0.5, 0.6) is 5.75 Å². The Morgan fingerprint density at radius 2 is 1.68 bits per heavy atom. The van der Waals surface area contributed by atoms with Gasteiger partial charge in [0.05, 0.1) is 23.2 Å². The monoisotopic (exact) mass is 508 g/mol. The van der Waals surface area contributed by atoms with Crippen molar-refractivity contribution in [2.45, 2.75) is 65.6 Å². The largest absolute Gasteiger partial charge is 0.494 e. The molecule has 1 unspecified atom stereocenters. The lowest BCUT2D eigenvalue weighted by molar-refractivity contribution is -0.138. The second-order valence-electron chi connectivity index (χ2n) is 10.1. The molecule has 0 amide bonds. The van der Waals surface area contributed by atoms with Crippen LogP contribution in [-0.4, -0.2) is 16.2 Å². The maximum atomic E-state index is 13.8. The van der Waals surface area contributed by atoms with E-state index in [-0.39, 0.29) is 18.0 Å². The van der Waals surface area contributed by atoms with Crippen molar-refractivity contribution in [2.24, 2.45) is 5.92 Å². The maximum absolute atomic E-state index is 13.8. The molecule has 0 saturated heterocycles. The van der Waals surface area contributed by atoms with Gasteiger partial charge in [-0.3, -0.25) is 0 Å². The van der Waals surface area contributed by atoms with Crippen molar-refractivity contribution in [3.05, 3.63) is 94.8 Å². The van der Waals surface area contributed by atoms with Gasteiger partial charge in [-0.1, -0.05) is 76.6 Å². The second-order valence-corrected chi connectivity index (χ2v) is 10.1. The van der Waals surface area contributed by atoms with Crippen molar-refractivity contribution < 1.29 is 17.9 Å². The predicted octanol–water partition coefficient (Wildman–Crippen LogP) is 8.63. The van der Waals surface area contributed by atoms with Gasteiger partial charge in [-0.2, -0.15) is 13.2 Å². The minimum Gasteiger partial charge on any atom is -0.494 e. The molecule has 0 N–H and O–H groups in total. The molecule has 0 saturated carbocycles. The molecule has 6 heteroatoms. The standard InChI is InChI=1S/C31H35F3N2O/c1-5-6-17-37-26-15-16-29-28(19-26)35-30(22(4)24-13-11-23(12-14-24)18-21(2)3)36(29)20-25-9-7-8-10-27(25)31(32,33)34/h7-16,19,21-22H,5-6,17-18,20H2,1-4H3. The molecule has 0 bridgehead atoms. The van der Waals surface area contributed by atoms with Gasteiger partial charge in [-0.05, 0) is 53.6 Å². The Bertz CT molecular complexity index is 1320. The van der Waals surface area contributed by atoms with Gasteiger partial charge in [0.25, 0.3) is 0 Å².